The van der Waals surface area contributed by atoms with Crippen molar-refractivity contribution >= 4 is 5.91 Å². The largest absolute Gasteiger partial charge is 0.387 e. The third-order valence-electron chi connectivity index (χ3n) is 10.9. The second-order valence-electron chi connectivity index (χ2n) is 16.1. The highest BCUT2D eigenvalue weighted by Gasteiger charge is 2.18. The predicted molar refractivity (Wildman–Crippen MR) is 224 cm³/mol. The van der Waals surface area contributed by atoms with Crippen molar-refractivity contribution in [2.24, 2.45) is 0 Å². The van der Waals surface area contributed by atoms with E-state index in [0.29, 0.717) is 6.42 Å². The molecule has 0 heterocycles. The summed E-state index contributed by atoms with van der Waals surface area (Å²) in [5.41, 5.74) is 0. The molecule has 1 amide bonds. The lowest BCUT2D eigenvalue weighted by Gasteiger charge is -2.21. The Labute approximate surface area is 315 Å². The average Bonchev–Trinajstić information content (AvgIpc) is 3.11. The van der Waals surface area contributed by atoms with Gasteiger partial charge in [-0.15, -0.1) is 0 Å². The first-order valence-electron chi connectivity index (χ1n) is 23.3. The molecule has 2 N–H and O–H groups in total. The summed E-state index contributed by atoms with van der Waals surface area (Å²) in [7, 11) is 0. The Morgan fingerprint density at radius 1 is 0.440 bits per heavy atom. The van der Waals surface area contributed by atoms with Crippen LogP contribution in [0.4, 0.5) is 0 Å². The lowest BCUT2D eigenvalue weighted by molar-refractivity contribution is -0.122. The fourth-order valence-electron chi connectivity index (χ4n) is 7.46. The molecular weight excluding hydrogens is 611 g/mol. The van der Waals surface area contributed by atoms with Crippen LogP contribution in [0.5, 0.6) is 0 Å². The number of aliphatic hydroxyl groups excluding tert-OH is 1. The molecule has 0 aromatic heterocycles. The summed E-state index contributed by atoms with van der Waals surface area (Å²) < 4.78 is 0. The highest BCUT2D eigenvalue weighted by molar-refractivity contribution is 5.76. The summed E-state index contributed by atoms with van der Waals surface area (Å²) in [4.78, 5) is 12.6. The number of rotatable bonds is 42. The Morgan fingerprint density at radius 2 is 0.740 bits per heavy atom. The molecule has 3 heteroatoms. The zero-order chi connectivity index (χ0) is 36.4. The van der Waals surface area contributed by atoms with Crippen LogP contribution >= 0.6 is 0 Å². The fraction of sp³-hybridized carbons (Fsp3) is 0.936. The second kappa shape index (κ2) is 42.6. The van der Waals surface area contributed by atoms with Gasteiger partial charge in [0, 0.05) is 6.42 Å². The van der Waals surface area contributed by atoms with Crippen LogP contribution in [-0.4, -0.2) is 23.2 Å². The Hall–Kier alpha value is -0.830. The predicted octanol–water partition coefficient (Wildman–Crippen LogP) is 15.7. The number of allylic oxidation sites excluding steroid dienone is 1. The SMILES string of the molecule is CCCCCCCCCCCCC/C=C/[C@@H](O)[C@H](CCC)NC(=O)CCCCCCCCCCCCCCCCCCCCCCCCCC. The van der Waals surface area contributed by atoms with Gasteiger partial charge in [0.25, 0.3) is 0 Å². The molecular formula is C47H93NO2. The lowest BCUT2D eigenvalue weighted by Crippen LogP contribution is -2.42. The standard InChI is InChI=1S/C47H93NO2/c1-4-7-9-11-13-15-17-19-20-21-22-23-24-25-26-27-28-29-31-33-35-37-39-41-44-47(50)48-45(42-6-3)46(49)43-40-38-36-34-32-30-18-16-14-12-10-8-5-2/h40,43,45-46,49H,4-39,41-42,44H2,1-3H3,(H,48,50)/b43-40+/t45-,46+/m0/s1. The van der Waals surface area contributed by atoms with E-state index in [-0.39, 0.29) is 11.9 Å². The van der Waals surface area contributed by atoms with Gasteiger partial charge in [-0.1, -0.05) is 251 Å². The number of unbranched alkanes of at least 4 members (excludes halogenated alkanes) is 34. The van der Waals surface area contributed by atoms with E-state index >= 15 is 0 Å². The zero-order valence-electron chi connectivity index (χ0n) is 34.7. The molecule has 2 atom stereocenters. The van der Waals surface area contributed by atoms with E-state index in [2.05, 4.69) is 32.2 Å². The van der Waals surface area contributed by atoms with Crippen molar-refractivity contribution in [2.75, 3.05) is 0 Å². The first-order valence-corrected chi connectivity index (χ1v) is 23.3. The normalized spacial score (nSPS) is 13.0. The summed E-state index contributed by atoms with van der Waals surface area (Å²) in [5.74, 6) is 0.111. The van der Waals surface area contributed by atoms with Gasteiger partial charge in [0.05, 0.1) is 12.1 Å². The molecule has 0 aliphatic heterocycles. The summed E-state index contributed by atoms with van der Waals surface area (Å²) in [6.45, 7) is 6.71. The van der Waals surface area contributed by atoms with Crippen molar-refractivity contribution in [3.63, 3.8) is 0 Å². The van der Waals surface area contributed by atoms with Crippen LogP contribution in [-0.2, 0) is 4.79 Å². The minimum absolute atomic E-state index is 0.111. The van der Waals surface area contributed by atoms with Crippen LogP contribution in [0.3, 0.4) is 0 Å². The maximum Gasteiger partial charge on any atom is 0.220 e. The van der Waals surface area contributed by atoms with Gasteiger partial charge in [-0.25, -0.2) is 0 Å². The summed E-state index contributed by atoms with van der Waals surface area (Å²) >= 11 is 0. The quantitative estimate of drug-likeness (QED) is 0.0491. The van der Waals surface area contributed by atoms with Crippen LogP contribution in [0, 0.1) is 0 Å². The van der Waals surface area contributed by atoms with Crippen LogP contribution in [0.25, 0.3) is 0 Å². The Morgan fingerprint density at radius 3 is 1.06 bits per heavy atom. The van der Waals surface area contributed by atoms with Crippen molar-refractivity contribution in [2.45, 2.75) is 283 Å². The number of hydrogen-bond donors (Lipinski definition) is 2. The minimum Gasteiger partial charge on any atom is -0.387 e. The molecule has 0 rings (SSSR count). The molecule has 298 valence electrons. The highest BCUT2D eigenvalue weighted by Crippen LogP contribution is 2.17. The van der Waals surface area contributed by atoms with Crippen molar-refractivity contribution in [1.82, 2.24) is 5.32 Å². The van der Waals surface area contributed by atoms with Crippen LogP contribution in [0.15, 0.2) is 12.2 Å². The molecule has 0 aromatic rings. The molecule has 3 nitrogen and oxygen atoms in total. The molecule has 50 heavy (non-hydrogen) atoms. The van der Waals surface area contributed by atoms with Gasteiger partial charge in [0.15, 0.2) is 0 Å². The van der Waals surface area contributed by atoms with Crippen LogP contribution < -0.4 is 5.32 Å². The Kier molecular flexibility index (Phi) is 41.9. The maximum absolute atomic E-state index is 12.6. The van der Waals surface area contributed by atoms with Gasteiger partial charge in [0.1, 0.15) is 0 Å². The molecule has 0 saturated carbocycles. The molecule has 0 spiro atoms. The zero-order valence-corrected chi connectivity index (χ0v) is 34.7. The van der Waals surface area contributed by atoms with E-state index in [0.717, 1.165) is 32.1 Å². The van der Waals surface area contributed by atoms with Crippen LogP contribution in [0.1, 0.15) is 271 Å². The van der Waals surface area contributed by atoms with E-state index in [1.165, 1.54) is 212 Å². The number of carbonyl (C=O) groups excluding carboxylic acids is 1. The lowest BCUT2D eigenvalue weighted by atomic mass is 10.0. The van der Waals surface area contributed by atoms with Gasteiger partial charge >= 0.3 is 0 Å². The average molecular weight is 704 g/mol. The van der Waals surface area contributed by atoms with Crippen molar-refractivity contribution < 1.29 is 9.90 Å². The molecule has 0 unspecified atom stereocenters. The van der Waals surface area contributed by atoms with Gasteiger partial charge in [-0.2, -0.15) is 0 Å². The summed E-state index contributed by atoms with van der Waals surface area (Å²) in [5, 5.41) is 13.9. The van der Waals surface area contributed by atoms with Gasteiger partial charge < -0.3 is 10.4 Å². The fourth-order valence-corrected chi connectivity index (χ4v) is 7.46. The van der Waals surface area contributed by atoms with Crippen molar-refractivity contribution in [3.8, 4) is 0 Å². The topological polar surface area (TPSA) is 49.3 Å². The number of nitrogens with one attached hydrogen (secondary N) is 1. The van der Waals surface area contributed by atoms with Gasteiger partial charge in [0.2, 0.25) is 5.91 Å². The van der Waals surface area contributed by atoms with E-state index in [1.54, 1.807) is 0 Å². The van der Waals surface area contributed by atoms with E-state index < -0.39 is 6.10 Å². The molecule has 0 aliphatic rings. The molecule has 0 fully saturated rings. The summed E-state index contributed by atoms with van der Waals surface area (Å²) in [6, 6.07) is -0.157. The Bertz CT molecular complexity index is 676. The number of amides is 1. The van der Waals surface area contributed by atoms with E-state index in [4.69, 9.17) is 0 Å². The molecule has 0 aliphatic carbocycles. The third-order valence-corrected chi connectivity index (χ3v) is 10.9. The van der Waals surface area contributed by atoms with E-state index in [9.17, 15) is 9.90 Å². The first kappa shape index (κ1) is 49.2. The molecule has 0 bridgehead atoms. The number of aliphatic hydroxyl groups is 1. The van der Waals surface area contributed by atoms with E-state index in [1.807, 2.05) is 6.08 Å². The number of hydrogen-bond acceptors (Lipinski definition) is 2. The molecule has 0 aromatic carbocycles. The second-order valence-corrected chi connectivity index (χ2v) is 16.1. The molecule has 0 radical (unpaired) electrons. The maximum atomic E-state index is 12.6. The first-order chi connectivity index (χ1) is 24.7. The monoisotopic (exact) mass is 704 g/mol. The smallest absolute Gasteiger partial charge is 0.220 e. The highest BCUT2D eigenvalue weighted by atomic mass is 16.3. The van der Waals surface area contributed by atoms with Crippen molar-refractivity contribution in [1.29, 1.82) is 0 Å². The summed E-state index contributed by atoms with van der Waals surface area (Å²) in [6.07, 6.45) is 55.2. The van der Waals surface area contributed by atoms with Gasteiger partial charge in [-0.3, -0.25) is 4.79 Å². The molecule has 0 saturated heterocycles. The number of carbonyl (C=O) groups is 1. The third kappa shape index (κ3) is 38.4. The Balaban J connectivity index is 3.55. The van der Waals surface area contributed by atoms with Crippen LogP contribution in [0.2, 0.25) is 0 Å². The van der Waals surface area contributed by atoms with Crippen molar-refractivity contribution in [3.05, 3.63) is 12.2 Å². The minimum atomic E-state index is -0.578. The van der Waals surface area contributed by atoms with Gasteiger partial charge in [-0.05, 0) is 25.7 Å².